The number of benzene rings is 2. The summed E-state index contributed by atoms with van der Waals surface area (Å²) in [5.41, 5.74) is 7.37. The molecule has 0 radical (unpaired) electrons. The first-order valence-electron chi connectivity index (χ1n) is 11.2. The quantitative estimate of drug-likeness (QED) is 0.458. The molecule has 1 fully saturated rings. The lowest BCUT2D eigenvalue weighted by Crippen LogP contribution is -2.47. The molecule has 1 aromatic heterocycles. The number of carbonyl (C=O) groups excluding carboxylic acids is 3. The number of nitrogens with zero attached hydrogens (tertiary/aromatic N) is 3. The fourth-order valence-electron chi connectivity index (χ4n) is 4.06. The SMILES string of the molecule is Cc1ccc(N2CCC(C(=O)NNC(=O)c3nn(C(C)C)c(=O)c4ccccc34)C2=O)cc1C. The molecule has 3 aromatic rings. The van der Waals surface area contributed by atoms with Crippen molar-refractivity contribution in [3.63, 3.8) is 0 Å². The van der Waals surface area contributed by atoms with Crippen LogP contribution in [0.4, 0.5) is 5.69 Å². The third-order valence-corrected chi connectivity index (χ3v) is 6.16. The molecule has 2 aromatic carbocycles. The van der Waals surface area contributed by atoms with E-state index < -0.39 is 17.7 Å². The summed E-state index contributed by atoms with van der Waals surface area (Å²) in [5, 5.41) is 4.97. The molecule has 2 N–H and O–H groups in total. The molecule has 0 spiro atoms. The van der Waals surface area contributed by atoms with Crippen molar-refractivity contribution < 1.29 is 14.4 Å². The molecule has 2 heterocycles. The van der Waals surface area contributed by atoms with E-state index >= 15 is 0 Å². The predicted molar refractivity (Wildman–Crippen MR) is 128 cm³/mol. The lowest BCUT2D eigenvalue weighted by Gasteiger charge is -2.18. The van der Waals surface area contributed by atoms with Crippen LogP contribution in [0.2, 0.25) is 0 Å². The zero-order valence-corrected chi connectivity index (χ0v) is 19.6. The highest BCUT2D eigenvalue weighted by molar-refractivity contribution is 6.10. The molecule has 3 amide bonds. The van der Waals surface area contributed by atoms with E-state index in [2.05, 4.69) is 16.0 Å². The Kier molecular flexibility index (Phi) is 6.19. The largest absolute Gasteiger partial charge is 0.312 e. The Morgan fingerprint density at radius 1 is 1.00 bits per heavy atom. The Balaban J connectivity index is 1.49. The molecule has 1 aliphatic rings. The number of hydrogen-bond acceptors (Lipinski definition) is 5. The van der Waals surface area contributed by atoms with Gasteiger partial charge in [-0.25, -0.2) is 4.68 Å². The van der Waals surface area contributed by atoms with E-state index in [0.29, 0.717) is 23.7 Å². The molecule has 1 atom stereocenters. The number of carbonyl (C=O) groups is 3. The van der Waals surface area contributed by atoms with E-state index in [1.165, 1.54) is 4.68 Å². The molecule has 9 heteroatoms. The van der Waals surface area contributed by atoms with Crippen molar-refractivity contribution in [1.29, 1.82) is 0 Å². The van der Waals surface area contributed by atoms with Gasteiger partial charge >= 0.3 is 0 Å². The lowest BCUT2D eigenvalue weighted by molar-refractivity contribution is -0.132. The van der Waals surface area contributed by atoms with E-state index in [0.717, 1.165) is 16.8 Å². The molecule has 0 aliphatic carbocycles. The Morgan fingerprint density at radius 3 is 2.38 bits per heavy atom. The van der Waals surface area contributed by atoms with Crippen LogP contribution >= 0.6 is 0 Å². The molecular formula is C25H27N5O4. The van der Waals surface area contributed by atoms with Crippen LogP contribution < -0.4 is 21.3 Å². The van der Waals surface area contributed by atoms with Gasteiger partial charge in [0.1, 0.15) is 5.92 Å². The van der Waals surface area contributed by atoms with Gasteiger partial charge in [0.15, 0.2) is 5.69 Å². The van der Waals surface area contributed by atoms with Gasteiger partial charge in [-0.3, -0.25) is 30.0 Å². The molecule has 1 unspecified atom stereocenters. The van der Waals surface area contributed by atoms with Gasteiger partial charge in [-0.2, -0.15) is 5.10 Å². The van der Waals surface area contributed by atoms with Crippen molar-refractivity contribution in [3.05, 3.63) is 69.6 Å². The first-order valence-corrected chi connectivity index (χ1v) is 11.2. The number of fused-ring (bicyclic) bond motifs is 1. The number of rotatable bonds is 4. The molecule has 1 saturated heterocycles. The molecule has 0 bridgehead atoms. The van der Waals surface area contributed by atoms with Crippen molar-refractivity contribution in [2.24, 2.45) is 5.92 Å². The number of aromatic nitrogens is 2. The first kappa shape index (κ1) is 23.2. The van der Waals surface area contributed by atoms with E-state index in [4.69, 9.17) is 0 Å². The third-order valence-electron chi connectivity index (χ3n) is 6.16. The zero-order chi connectivity index (χ0) is 24.6. The maximum Gasteiger partial charge on any atom is 0.290 e. The second kappa shape index (κ2) is 9.09. The molecule has 176 valence electrons. The topological polar surface area (TPSA) is 113 Å². The second-order valence-corrected chi connectivity index (χ2v) is 8.78. The van der Waals surface area contributed by atoms with Crippen LogP contribution in [0.3, 0.4) is 0 Å². The van der Waals surface area contributed by atoms with Gasteiger partial charge in [0.25, 0.3) is 17.4 Å². The molecule has 1 aliphatic heterocycles. The smallest absolute Gasteiger partial charge is 0.290 e. The summed E-state index contributed by atoms with van der Waals surface area (Å²) < 4.78 is 1.24. The van der Waals surface area contributed by atoms with Crippen LogP contribution in [0.5, 0.6) is 0 Å². The van der Waals surface area contributed by atoms with Crippen molar-refractivity contribution in [1.82, 2.24) is 20.6 Å². The fraction of sp³-hybridized carbons (Fsp3) is 0.320. The Morgan fingerprint density at radius 2 is 1.71 bits per heavy atom. The second-order valence-electron chi connectivity index (χ2n) is 8.78. The normalized spacial score (nSPS) is 15.7. The van der Waals surface area contributed by atoms with Gasteiger partial charge in [0.05, 0.1) is 11.4 Å². The van der Waals surface area contributed by atoms with Crippen LogP contribution in [0.25, 0.3) is 10.8 Å². The van der Waals surface area contributed by atoms with E-state index in [9.17, 15) is 19.2 Å². The Bertz CT molecular complexity index is 1360. The minimum absolute atomic E-state index is 0.0127. The summed E-state index contributed by atoms with van der Waals surface area (Å²) in [7, 11) is 0. The first-order chi connectivity index (χ1) is 16.2. The van der Waals surface area contributed by atoms with Crippen LogP contribution in [0.15, 0.2) is 47.3 Å². The maximum absolute atomic E-state index is 12.9. The minimum atomic E-state index is -0.906. The Hall–Kier alpha value is -4.01. The molecule has 34 heavy (non-hydrogen) atoms. The van der Waals surface area contributed by atoms with E-state index in [1.54, 1.807) is 43.0 Å². The van der Waals surface area contributed by atoms with Crippen LogP contribution in [0, 0.1) is 19.8 Å². The van der Waals surface area contributed by atoms with E-state index in [-0.39, 0.29) is 23.2 Å². The summed E-state index contributed by atoms with van der Waals surface area (Å²) >= 11 is 0. The Labute approximate surface area is 196 Å². The van der Waals surface area contributed by atoms with Gasteiger partial charge in [-0.15, -0.1) is 0 Å². The number of hydrogen-bond donors (Lipinski definition) is 2. The van der Waals surface area contributed by atoms with Crippen LogP contribution in [-0.2, 0) is 9.59 Å². The van der Waals surface area contributed by atoms with Crippen molar-refractivity contribution in [3.8, 4) is 0 Å². The summed E-state index contributed by atoms with van der Waals surface area (Å²) in [6.45, 7) is 7.96. The average molecular weight is 462 g/mol. The summed E-state index contributed by atoms with van der Waals surface area (Å²) in [5.74, 6) is -2.48. The molecule has 0 saturated carbocycles. The van der Waals surface area contributed by atoms with Crippen LogP contribution in [0.1, 0.15) is 47.9 Å². The van der Waals surface area contributed by atoms with Gasteiger partial charge in [-0.1, -0.05) is 24.3 Å². The van der Waals surface area contributed by atoms with Gasteiger partial charge < -0.3 is 4.90 Å². The number of amides is 3. The average Bonchev–Trinajstić information content (AvgIpc) is 3.20. The maximum atomic E-state index is 12.9. The van der Waals surface area contributed by atoms with Gasteiger partial charge in [0, 0.05) is 17.6 Å². The highest BCUT2D eigenvalue weighted by atomic mass is 16.2. The van der Waals surface area contributed by atoms with Gasteiger partial charge in [-0.05, 0) is 63.4 Å². The van der Waals surface area contributed by atoms with Crippen molar-refractivity contribution in [2.75, 3.05) is 11.4 Å². The number of anilines is 1. The van der Waals surface area contributed by atoms with Crippen molar-refractivity contribution in [2.45, 2.75) is 40.2 Å². The van der Waals surface area contributed by atoms with Gasteiger partial charge in [0.2, 0.25) is 5.91 Å². The highest BCUT2D eigenvalue weighted by Crippen LogP contribution is 2.27. The van der Waals surface area contributed by atoms with E-state index in [1.807, 2.05) is 32.0 Å². The fourth-order valence-corrected chi connectivity index (χ4v) is 4.06. The number of aryl methyl sites for hydroxylation is 2. The summed E-state index contributed by atoms with van der Waals surface area (Å²) in [4.78, 5) is 52.8. The minimum Gasteiger partial charge on any atom is -0.312 e. The molecular weight excluding hydrogens is 434 g/mol. The molecule has 4 rings (SSSR count). The zero-order valence-electron chi connectivity index (χ0n) is 19.6. The number of hydrazine groups is 1. The summed E-state index contributed by atoms with van der Waals surface area (Å²) in [6.07, 6.45) is 0.340. The highest BCUT2D eigenvalue weighted by Gasteiger charge is 2.38. The summed E-state index contributed by atoms with van der Waals surface area (Å²) in [6, 6.07) is 12.2. The molecule has 9 nitrogen and oxygen atoms in total. The van der Waals surface area contributed by atoms with Crippen molar-refractivity contribution >= 4 is 34.2 Å². The lowest BCUT2D eigenvalue weighted by atomic mass is 10.1. The predicted octanol–water partition coefficient (Wildman–Crippen LogP) is 2.41. The monoisotopic (exact) mass is 461 g/mol. The standard InChI is InChI=1S/C25H27N5O4/c1-14(2)30-25(34)19-8-6-5-7-18(19)21(28-30)23(32)27-26-22(31)20-11-12-29(24(20)33)17-10-9-15(3)16(4)13-17/h5-10,13-14,20H,11-12H2,1-4H3,(H,26,31)(H,27,32). The van der Waals surface area contributed by atoms with Crippen LogP contribution in [-0.4, -0.2) is 34.0 Å². The third kappa shape index (κ3) is 4.16. The number of nitrogens with one attached hydrogen (secondary N) is 2.